The van der Waals surface area contributed by atoms with E-state index in [4.69, 9.17) is 20.6 Å². The lowest BCUT2D eigenvalue weighted by molar-refractivity contribution is -0.480. The van der Waals surface area contributed by atoms with Crippen LogP contribution in [0.25, 0.3) is 0 Å². The standard InChI is InChI=1S/C12H17ClNO5P/c1-3-18-20(17,19-4-2)12(9-14(15)16)10-5-7-11(13)8-6-10/h5-8,12H,3-4,9H2,1-2H3. The molecule has 0 aliphatic heterocycles. The molecule has 0 aliphatic carbocycles. The third kappa shape index (κ3) is 4.56. The Morgan fingerprint density at radius 3 is 2.15 bits per heavy atom. The van der Waals surface area contributed by atoms with Crippen LogP contribution in [0.5, 0.6) is 0 Å². The molecule has 0 heterocycles. The van der Waals surface area contributed by atoms with Crippen LogP contribution >= 0.6 is 19.2 Å². The number of nitrogens with zero attached hydrogens (tertiary/aromatic N) is 1. The molecule has 20 heavy (non-hydrogen) atoms. The quantitative estimate of drug-likeness (QED) is 0.412. The van der Waals surface area contributed by atoms with Crippen molar-refractivity contribution in [3.05, 3.63) is 45.0 Å². The summed E-state index contributed by atoms with van der Waals surface area (Å²) in [7, 11) is -3.61. The second-order valence-corrected chi connectivity index (χ2v) is 6.61. The number of benzene rings is 1. The van der Waals surface area contributed by atoms with Gasteiger partial charge in [-0.2, -0.15) is 0 Å². The van der Waals surface area contributed by atoms with E-state index in [0.717, 1.165) is 0 Å². The zero-order valence-corrected chi connectivity index (χ0v) is 13.0. The SMILES string of the molecule is CCOP(=O)(OCC)C(C[N+](=O)[O-])c1ccc(Cl)cc1. The molecule has 1 atom stereocenters. The molecule has 1 rings (SSSR count). The summed E-state index contributed by atoms with van der Waals surface area (Å²) in [5.74, 6) is 0. The molecule has 0 spiro atoms. The molecule has 0 amide bonds. The van der Waals surface area contributed by atoms with Gasteiger partial charge in [-0.25, -0.2) is 0 Å². The van der Waals surface area contributed by atoms with Gasteiger partial charge in [0.1, 0.15) is 0 Å². The smallest absolute Gasteiger partial charge is 0.308 e. The van der Waals surface area contributed by atoms with Gasteiger partial charge in [0, 0.05) is 9.95 Å². The van der Waals surface area contributed by atoms with Crippen LogP contribution in [0.4, 0.5) is 0 Å². The van der Waals surface area contributed by atoms with Crippen molar-refractivity contribution in [1.29, 1.82) is 0 Å². The number of halogens is 1. The van der Waals surface area contributed by atoms with Crippen molar-refractivity contribution in [3.63, 3.8) is 0 Å². The highest BCUT2D eigenvalue weighted by molar-refractivity contribution is 7.54. The van der Waals surface area contributed by atoms with Crippen LogP contribution in [0, 0.1) is 10.1 Å². The van der Waals surface area contributed by atoms with Crippen LogP contribution < -0.4 is 0 Å². The molecule has 0 fully saturated rings. The number of hydrogen-bond donors (Lipinski definition) is 0. The van der Waals surface area contributed by atoms with Crippen LogP contribution in [-0.4, -0.2) is 24.7 Å². The molecule has 0 aromatic heterocycles. The number of hydrogen-bond acceptors (Lipinski definition) is 5. The van der Waals surface area contributed by atoms with Crippen LogP contribution in [0.1, 0.15) is 25.1 Å². The number of nitro groups is 1. The Bertz CT molecular complexity index is 483. The van der Waals surface area contributed by atoms with Gasteiger partial charge in [-0.1, -0.05) is 23.7 Å². The van der Waals surface area contributed by atoms with Crippen molar-refractivity contribution < 1.29 is 18.5 Å². The van der Waals surface area contributed by atoms with Gasteiger partial charge < -0.3 is 9.05 Å². The Balaban J connectivity index is 3.18. The molecule has 6 nitrogen and oxygen atoms in total. The monoisotopic (exact) mass is 321 g/mol. The molecule has 0 N–H and O–H groups in total. The molecule has 112 valence electrons. The topological polar surface area (TPSA) is 78.7 Å². The first-order chi connectivity index (χ1) is 9.42. The molecule has 0 radical (unpaired) electrons. The summed E-state index contributed by atoms with van der Waals surface area (Å²) in [5, 5.41) is 11.3. The maximum atomic E-state index is 12.8. The highest BCUT2D eigenvalue weighted by Gasteiger charge is 2.40. The summed E-state index contributed by atoms with van der Waals surface area (Å²) in [6.07, 6.45) is 0. The predicted octanol–water partition coefficient (Wildman–Crippen LogP) is 3.92. The minimum atomic E-state index is -3.61. The second-order valence-electron chi connectivity index (χ2n) is 3.96. The summed E-state index contributed by atoms with van der Waals surface area (Å²) in [6, 6.07) is 6.38. The van der Waals surface area contributed by atoms with E-state index >= 15 is 0 Å². The van der Waals surface area contributed by atoms with Gasteiger partial charge in [-0.15, -0.1) is 0 Å². The molecule has 1 aromatic rings. The van der Waals surface area contributed by atoms with E-state index in [1.807, 2.05) is 0 Å². The Labute approximate surface area is 122 Å². The van der Waals surface area contributed by atoms with E-state index in [-0.39, 0.29) is 13.2 Å². The van der Waals surface area contributed by atoms with Crippen molar-refractivity contribution in [2.45, 2.75) is 19.5 Å². The van der Waals surface area contributed by atoms with Crippen molar-refractivity contribution >= 4 is 19.2 Å². The zero-order valence-electron chi connectivity index (χ0n) is 11.3. The predicted molar refractivity (Wildman–Crippen MR) is 76.9 cm³/mol. The Morgan fingerprint density at radius 1 is 1.25 bits per heavy atom. The largest absolute Gasteiger partial charge is 0.344 e. The molecular weight excluding hydrogens is 305 g/mol. The Kier molecular flexibility index (Phi) is 6.62. The summed E-state index contributed by atoms with van der Waals surface area (Å²) in [6.45, 7) is 3.10. The molecule has 1 aromatic carbocycles. The van der Waals surface area contributed by atoms with E-state index in [1.165, 1.54) is 0 Å². The molecule has 0 aliphatic rings. The fourth-order valence-electron chi connectivity index (χ4n) is 1.79. The van der Waals surface area contributed by atoms with Gasteiger partial charge in [0.25, 0.3) is 0 Å². The van der Waals surface area contributed by atoms with Crippen molar-refractivity contribution in [1.82, 2.24) is 0 Å². The Morgan fingerprint density at radius 2 is 1.75 bits per heavy atom. The lowest BCUT2D eigenvalue weighted by Gasteiger charge is -2.24. The average Bonchev–Trinajstić information content (AvgIpc) is 2.37. The summed E-state index contributed by atoms with van der Waals surface area (Å²) in [5.41, 5.74) is -0.439. The van der Waals surface area contributed by atoms with Gasteiger partial charge in [0.2, 0.25) is 6.54 Å². The van der Waals surface area contributed by atoms with Gasteiger partial charge in [-0.3, -0.25) is 14.7 Å². The third-order valence-corrected chi connectivity index (χ3v) is 5.29. The maximum Gasteiger partial charge on any atom is 0.344 e. The molecule has 0 saturated heterocycles. The zero-order chi connectivity index (χ0) is 15.2. The van der Waals surface area contributed by atoms with Crippen LogP contribution in [0.3, 0.4) is 0 Å². The maximum absolute atomic E-state index is 12.8. The highest BCUT2D eigenvalue weighted by Crippen LogP contribution is 2.60. The summed E-state index contributed by atoms with van der Waals surface area (Å²) in [4.78, 5) is 10.3. The van der Waals surface area contributed by atoms with Crippen LogP contribution in [0.15, 0.2) is 24.3 Å². The first-order valence-electron chi connectivity index (χ1n) is 6.19. The van der Waals surface area contributed by atoms with E-state index in [1.54, 1.807) is 38.1 Å². The fourth-order valence-corrected chi connectivity index (χ4v) is 3.94. The van der Waals surface area contributed by atoms with E-state index in [2.05, 4.69) is 0 Å². The molecule has 0 saturated carbocycles. The Hall–Kier alpha value is -0.940. The van der Waals surface area contributed by atoms with Crippen molar-refractivity contribution in [2.24, 2.45) is 0 Å². The van der Waals surface area contributed by atoms with E-state index < -0.39 is 24.7 Å². The third-order valence-electron chi connectivity index (χ3n) is 2.58. The minimum absolute atomic E-state index is 0.152. The fraction of sp³-hybridized carbons (Fsp3) is 0.500. The van der Waals surface area contributed by atoms with Gasteiger partial charge >= 0.3 is 7.60 Å². The highest BCUT2D eigenvalue weighted by atomic mass is 35.5. The second kappa shape index (κ2) is 7.74. The lowest BCUT2D eigenvalue weighted by Crippen LogP contribution is -2.16. The van der Waals surface area contributed by atoms with E-state index in [0.29, 0.717) is 10.6 Å². The molecular formula is C12H17ClNO5P. The van der Waals surface area contributed by atoms with Crippen LogP contribution in [-0.2, 0) is 13.6 Å². The minimum Gasteiger partial charge on any atom is -0.308 e. The lowest BCUT2D eigenvalue weighted by atomic mass is 10.1. The molecule has 8 heteroatoms. The first kappa shape index (κ1) is 17.1. The average molecular weight is 322 g/mol. The molecule has 1 unspecified atom stereocenters. The van der Waals surface area contributed by atoms with Crippen LogP contribution in [0.2, 0.25) is 5.02 Å². The molecule has 0 bridgehead atoms. The van der Waals surface area contributed by atoms with Crippen molar-refractivity contribution in [2.75, 3.05) is 19.8 Å². The number of rotatable bonds is 8. The van der Waals surface area contributed by atoms with E-state index in [9.17, 15) is 14.7 Å². The van der Waals surface area contributed by atoms with Crippen molar-refractivity contribution in [3.8, 4) is 0 Å². The first-order valence-corrected chi connectivity index (χ1v) is 8.18. The van der Waals surface area contributed by atoms with Gasteiger partial charge in [0.05, 0.1) is 13.2 Å². The van der Waals surface area contributed by atoms with Gasteiger partial charge in [0.15, 0.2) is 5.66 Å². The normalized spacial score (nSPS) is 13.2. The summed E-state index contributed by atoms with van der Waals surface area (Å²) >= 11 is 5.79. The van der Waals surface area contributed by atoms with Gasteiger partial charge in [-0.05, 0) is 31.5 Å². The summed E-state index contributed by atoms with van der Waals surface area (Å²) < 4.78 is 23.2.